The summed E-state index contributed by atoms with van der Waals surface area (Å²) in [6, 6.07) is 14.0. The molecular weight excluding hydrogens is 489 g/mol. The standard InChI is InChI=1S/C25H27N5O5.K/c1-35-19-11-9-18(10-12-19)30-23(25(33)34)20(22(28-30)24(26)32)13-14-27-16-5-7-17(8-6-16)29-15-3-2-4-21(29)31;/h5-12,27H,2-4,13-15H2,1H3,(H2,26,32)(H,33,34);/q;+1/p-1. The number of anilines is 2. The first-order valence-corrected chi connectivity index (χ1v) is 11.3. The summed E-state index contributed by atoms with van der Waals surface area (Å²) in [5.41, 5.74) is 7.39. The number of piperidine rings is 1. The van der Waals surface area contributed by atoms with Crippen LogP contribution < -0.4 is 77.2 Å². The molecule has 3 aromatic rings. The smallest absolute Gasteiger partial charge is 0.543 e. The van der Waals surface area contributed by atoms with Gasteiger partial charge in [0.2, 0.25) is 5.91 Å². The molecule has 36 heavy (non-hydrogen) atoms. The van der Waals surface area contributed by atoms with Crippen molar-refractivity contribution in [2.75, 3.05) is 30.4 Å². The number of nitrogens with two attached hydrogens (primary N) is 1. The second-order valence-corrected chi connectivity index (χ2v) is 8.16. The molecule has 0 bridgehead atoms. The van der Waals surface area contributed by atoms with Gasteiger partial charge in [-0.3, -0.25) is 9.59 Å². The predicted molar refractivity (Wildman–Crippen MR) is 128 cm³/mol. The van der Waals surface area contributed by atoms with E-state index in [0.29, 0.717) is 30.9 Å². The van der Waals surface area contributed by atoms with E-state index in [1.807, 2.05) is 24.3 Å². The summed E-state index contributed by atoms with van der Waals surface area (Å²) in [7, 11) is 1.52. The number of carboxylic acid groups (broad SMARTS) is 1. The topological polar surface area (TPSA) is 143 Å². The van der Waals surface area contributed by atoms with E-state index in [1.54, 1.807) is 29.2 Å². The maximum Gasteiger partial charge on any atom is 1.00 e. The number of carbonyl (C=O) groups is 3. The van der Waals surface area contributed by atoms with Gasteiger partial charge in [-0.25, -0.2) is 4.68 Å². The van der Waals surface area contributed by atoms with Crippen LogP contribution in [0.25, 0.3) is 5.69 Å². The molecule has 11 heteroatoms. The predicted octanol–water partition coefficient (Wildman–Crippen LogP) is -1.48. The number of hydrogen-bond acceptors (Lipinski definition) is 7. The number of hydrogen-bond donors (Lipinski definition) is 2. The summed E-state index contributed by atoms with van der Waals surface area (Å²) in [6.07, 6.45) is 2.64. The maximum atomic E-state index is 12.1. The molecule has 2 amide bonds. The monoisotopic (exact) mass is 515 g/mol. The molecule has 3 N–H and O–H groups in total. The van der Waals surface area contributed by atoms with Crippen LogP contribution in [0.15, 0.2) is 48.5 Å². The first kappa shape index (κ1) is 27.9. The third-order valence-corrected chi connectivity index (χ3v) is 5.93. The van der Waals surface area contributed by atoms with Crippen LogP contribution in [0, 0.1) is 0 Å². The van der Waals surface area contributed by atoms with E-state index in [2.05, 4.69) is 10.4 Å². The number of carboxylic acids is 1. The Balaban J connectivity index is 0.00000361. The minimum atomic E-state index is -1.47. The number of carbonyl (C=O) groups excluding carboxylic acids is 3. The summed E-state index contributed by atoms with van der Waals surface area (Å²) < 4.78 is 6.28. The van der Waals surface area contributed by atoms with Crippen LogP contribution in [0.1, 0.15) is 45.8 Å². The second-order valence-electron chi connectivity index (χ2n) is 8.16. The number of rotatable bonds is 9. The largest absolute Gasteiger partial charge is 1.00 e. The fraction of sp³-hybridized carbons (Fsp3) is 0.280. The van der Waals surface area contributed by atoms with Gasteiger partial charge in [0, 0.05) is 36.4 Å². The molecule has 0 saturated carbocycles. The molecule has 2 aromatic carbocycles. The van der Waals surface area contributed by atoms with Gasteiger partial charge in [0.05, 0.1) is 24.5 Å². The van der Waals surface area contributed by atoms with Gasteiger partial charge in [-0.2, -0.15) is 5.10 Å². The average molecular weight is 516 g/mol. The first-order valence-electron chi connectivity index (χ1n) is 11.3. The van der Waals surface area contributed by atoms with E-state index in [1.165, 1.54) is 7.11 Å². The van der Waals surface area contributed by atoms with E-state index < -0.39 is 11.9 Å². The van der Waals surface area contributed by atoms with Crippen molar-refractivity contribution in [1.29, 1.82) is 0 Å². The van der Waals surface area contributed by atoms with Crippen molar-refractivity contribution in [2.45, 2.75) is 25.7 Å². The van der Waals surface area contributed by atoms with E-state index in [-0.39, 0.29) is 80.7 Å². The molecule has 0 aliphatic carbocycles. The molecule has 4 rings (SSSR count). The van der Waals surface area contributed by atoms with Crippen LogP contribution in [0.4, 0.5) is 11.4 Å². The van der Waals surface area contributed by atoms with Crippen molar-refractivity contribution in [2.24, 2.45) is 5.73 Å². The molecule has 1 aliphatic rings. The van der Waals surface area contributed by atoms with E-state index in [9.17, 15) is 19.5 Å². The molecule has 0 spiro atoms. The van der Waals surface area contributed by atoms with Crippen molar-refractivity contribution >= 4 is 29.2 Å². The molecule has 0 unspecified atom stereocenters. The van der Waals surface area contributed by atoms with Crippen LogP contribution in [0.5, 0.6) is 5.75 Å². The van der Waals surface area contributed by atoms with Gasteiger partial charge in [-0.15, -0.1) is 0 Å². The van der Waals surface area contributed by atoms with Gasteiger partial charge >= 0.3 is 51.4 Å². The Kier molecular flexibility index (Phi) is 9.68. The summed E-state index contributed by atoms with van der Waals surface area (Å²) >= 11 is 0. The van der Waals surface area contributed by atoms with Gasteiger partial charge in [-0.1, -0.05) is 0 Å². The maximum absolute atomic E-state index is 12.1. The number of primary amides is 1. The second kappa shape index (κ2) is 12.5. The Hall–Kier alpha value is -2.70. The molecular formula is C25H26KN5O5. The summed E-state index contributed by atoms with van der Waals surface area (Å²) in [5, 5.41) is 19.4. The fourth-order valence-electron chi connectivity index (χ4n) is 4.18. The van der Waals surface area contributed by atoms with E-state index in [4.69, 9.17) is 10.5 Å². The summed E-state index contributed by atoms with van der Waals surface area (Å²) in [5.74, 6) is -1.58. The minimum absolute atomic E-state index is 0. The Morgan fingerprint density at radius 2 is 1.75 bits per heavy atom. The third kappa shape index (κ3) is 6.16. The van der Waals surface area contributed by atoms with Crippen molar-refractivity contribution in [1.82, 2.24) is 9.78 Å². The Morgan fingerprint density at radius 1 is 1.08 bits per heavy atom. The molecule has 10 nitrogen and oxygen atoms in total. The summed E-state index contributed by atoms with van der Waals surface area (Å²) in [6.45, 7) is 1.03. The molecule has 1 aliphatic heterocycles. The van der Waals surface area contributed by atoms with Crippen molar-refractivity contribution in [3.8, 4) is 11.4 Å². The van der Waals surface area contributed by atoms with Crippen molar-refractivity contribution < 1.29 is 75.6 Å². The zero-order valence-corrected chi connectivity index (χ0v) is 23.4. The van der Waals surface area contributed by atoms with Crippen molar-refractivity contribution in [3.05, 3.63) is 65.5 Å². The van der Waals surface area contributed by atoms with Gasteiger partial charge in [0.1, 0.15) is 5.75 Å². The molecule has 0 atom stereocenters. The van der Waals surface area contributed by atoms with E-state index >= 15 is 0 Å². The van der Waals surface area contributed by atoms with Crippen LogP contribution in [0.2, 0.25) is 0 Å². The minimum Gasteiger partial charge on any atom is -0.543 e. The van der Waals surface area contributed by atoms with Gasteiger partial charge in [-0.05, 0) is 67.8 Å². The van der Waals surface area contributed by atoms with Crippen LogP contribution >= 0.6 is 0 Å². The molecule has 1 fully saturated rings. The van der Waals surface area contributed by atoms with E-state index in [0.717, 1.165) is 28.9 Å². The third-order valence-electron chi connectivity index (χ3n) is 5.93. The van der Waals surface area contributed by atoms with Crippen LogP contribution in [-0.2, 0) is 11.2 Å². The van der Waals surface area contributed by atoms with Crippen LogP contribution in [0.3, 0.4) is 0 Å². The van der Waals surface area contributed by atoms with Crippen molar-refractivity contribution in [3.63, 3.8) is 0 Å². The Morgan fingerprint density at radius 3 is 2.33 bits per heavy atom. The van der Waals surface area contributed by atoms with Gasteiger partial charge in [0.25, 0.3) is 5.91 Å². The van der Waals surface area contributed by atoms with Gasteiger partial charge < -0.3 is 30.6 Å². The number of nitrogens with zero attached hydrogens (tertiary/aromatic N) is 3. The van der Waals surface area contributed by atoms with Gasteiger partial charge in [0.15, 0.2) is 5.69 Å². The molecule has 182 valence electrons. The Bertz CT molecular complexity index is 1240. The quantitative estimate of drug-likeness (QED) is 0.331. The number of methoxy groups -OCH3 is 1. The fourth-order valence-corrected chi connectivity index (χ4v) is 4.18. The molecule has 1 saturated heterocycles. The zero-order valence-electron chi connectivity index (χ0n) is 20.3. The zero-order chi connectivity index (χ0) is 24.9. The molecule has 2 heterocycles. The number of ether oxygens (including phenoxy) is 1. The number of benzene rings is 2. The SMILES string of the molecule is COc1ccc(-n2nc(C(N)=O)c(CCNc3ccc(N4CCCCC4=O)cc3)c2C(=O)[O-])cc1.[K+]. The molecule has 0 radical (unpaired) electrons. The number of amides is 2. The first-order chi connectivity index (χ1) is 16.9. The number of aromatic carboxylic acids is 1. The summed E-state index contributed by atoms with van der Waals surface area (Å²) in [4.78, 5) is 38.0. The Labute approximate surface area is 251 Å². The van der Waals surface area contributed by atoms with Crippen LogP contribution in [-0.4, -0.2) is 47.8 Å². The number of nitrogens with one attached hydrogen (secondary N) is 1. The normalized spacial score (nSPS) is 13.1. The molecule has 1 aromatic heterocycles. The number of aromatic nitrogens is 2. The average Bonchev–Trinajstić information content (AvgIpc) is 3.25.